The third-order valence-electron chi connectivity index (χ3n) is 3.46. The van der Waals surface area contributed by atoms with Gasteiger partial charge in [0.05, 0.1) is 16.0 Å². The third kappa shape index (κ3) is 2.01. The fourth-order valence-electron chi connectivity index (χ4n) is 2.13. The quantitative estimate of drug-likeness (QED) is 0.641. The van der Waals surface area contributed by atoms with E-state index in [0.717, 1.165) is 18.0 Å². The second-order valence-corrected chi connectivity index (χ2v) is 4.72. The van der Waals surface area contributed by atoms with Gasteiger partial charge in [0.25, 0.3) is 5.69 Å². The van der Waals surface area contributed by atoms with E-state index in [4.69, 9.17) is 0 Å². The van der Waals surface area contributed by atoms with Gasteiger partial charge in [-0.25, -0.2) is 4.98 Å². The summed E-state index contributed by atoms with van der Waals surface area (Å²) in [4.78, 5) is 17.7. The molecular formula is C12H14N4O2. The number of hydrogen-bond acceptors (Lipinski definition) is 4. The fraction of sp³-hybridized carbons (Fsp3) is 0.417. The Morgan fingerprint density at radius 1 is 1.50 bits per heavy atom. The van der Waals surface area contributed by atoms with Crippen molar-refractivity contribution in [1.82, 2.24) is 9.97 Å². The molecule has 0 radical (unpaired) electrons. The van der Waals surface area contributed by atoms with Crippen molar-refractivity contribution in [1.29, 1.82) is 0 Å². The number of nitrogens with zero attached hydrogens (tertiary/aromatic N) is 2. The molecule has 1 heterocycles. The van der Waals surface area contributed by atoms with Gasteiger partial charge in [-0.2, -0.15) is 0 Å². The number of imidazole rings is 1. The van der Waals surface area contributed by atoms with Crippen LogP contribution in [0.15, 0.2) is 18.2 Å². The van der Waals surface area contributed by atoms with Crippen LogP contribution in [0.2, 0.25) is 0 Å². The summed E-state index contributed by atoms with van der Waals surface area (Å²) in [6.07, 6.45) is 3.87. The maximum Gasteiger partial charge on any atom is 0.271 e. The Labute approximate surface area is 104 Å². The largest absolute Gasteiger partial charge is 0.356 e. The Balaban J connectivity index is 1.79. The Morgan fingerprint density at radius 3 is 3.00 bits per heavy atom. The first-order chi connectivity index (χ1) is 8.72. The molecule has 0 aliphatic heterocycles. The minimum Gasteiger partial charge on any atom is -0.356 e. The lowest BCUT2D eigenvalue weighted by Gasteiger charge is -2.25. The number of anilines is 1. The van der Waals surface area contributed by atoms with Gasteiger partial charge in [0.1, 0.15) is 0 Å². The van der Waals surface area contributed by atoms with Gasteiger partial charge in [0, 0.05) is 18.7 Å². The monoisotopic (exact) mass is 246 g/mol. The van der Waals surface area contributed by atoms with Crippen LogP contribution in [-0.2, 0) is 0 Å². The number of fused-ring (bicyclic) bond motifs is 1. The van der Waals surface area contributed by atoms with Crippen LogP contribution in [0.4, 0.5) is 11.6 Å². The van der Waals surface area contributed by atoms with E-state index in [2.05, 4.69) is 15.3 Å². The van der Waals surface area contributed by atoms with Gasteiger partial charge in [-0.1, -0.05) is 6.42 Å². The van der Waals surface area contributed by atoms with Crippen molar-refractivity contribution < 1.29 is 4.92 Å². The minimum absolute atomic E-state index is 0.0803. The van der Waals surface area contributed by atoms with Crippen LogP contribution in [0.1, 0.15) is 19.3 Å². The molecule has 6 nitrogen and oxygen atoms in total. The van der Waals surface area contributed by atoms with Gasteiger partial charge in [-0.15, -0.1) is 0 Å². The molecule has 1 aliphatic carbocycles. The molecule has 0 amide bonds. The zero-order valence-electron chi connectivity index (χ0n) is 9.85. The van der Waals surface area contributed by atoms with Gasteiger partial charge in [0.2, 0.25) is 5.95 Å². The summed E-state index contributed by atoms with van der Waals surface area (Å²) in [5, 5.41) is 13.9. The summed E-state index contributed by atoms with van der Waals surface area (Å²) in [5.41, 5.74) is 1.52. The predicted octanol–water partition coefficient (Wildman–Crippen LogP) is 2.68. The van der Waals surface area contributed by atoms with Gasteiger partial charge in [-0.05, 0) is 24.8 Å². The molecule has 0 spiro atoms. The molecule has 3 rings (SSSR count). The van der Waals surface area contributed by atoms with E-state index in [1.165, 1.54) is 31.4 Å². The van der Waals surface area contributed by atoms with E-state index in [1.54, 1.807) is 6.07 Å². The van der Waals surface area contributed by atoms with Crippen molar-refractivity contribution in [2.75, 3.05) is 11.9 Å². The number of non-ortho nitro benzene ring substituents is 1. The molecule has 6 heteroatoms. The normalized spacial score (nSPS) is 15.6. The maximum atomic E-state index is 10.7. The van der Waals surface area contributed by atoms with E-state index >= 15 is 0 Å². The molecule has 1 fully saturated rings. The number of nitro groups is 1. The van der Waals surface area contributed by atoms with Crippen molar-refractivity contribution >= 4 is 22.7 Å². The van der Waals surface area contributed by atoms with Crippen LogP contribution in [0.3, 0.4) is 0 Å². The molecule has 0 bridgehead atoms. The Kier molecular flexibility index (Phi) is 2.62. The van der Waals surface area contributed by atoms with Crippen LogP contribution >= 0.6 is 0 Å². The Bertz CT molecular complexity index is 589. The topological polar surface area (TPSA) is 83.8 Å². The molecule has 2 N–H and O–H groups in total. The van der Waals surface area contributed by atoms with Crippen molar-refractivity contribution in [3.8, 4) is 0 Å². The van der Waals surface area contributed by atoms with Crippen molar-refractivity contribution in [2.24, 2.45) is 5.92 Å². The second-order valence-electron chi connectivity index (χ2n) is 4.72. The number of rotatable bonds is 4. The number of H-pyrrole nitrogens is 1. The summed E-state index contributed by atoms with van der Waals surface area (Å²) in [6.45, 7) is 0.919. The van der Waals surface area contributed by atoms with Crippen LogP contribution in [0.25, 0.3) is 11.0 Å². The third-order valence-corrected chi connectivity index (χ3v) is 3.46. The lowest BCUT2D eigenvalue weighted by molar-refractivity contribution is -0.384. The summed E-state index contributed by atoms with van der Waals surface area (Å²) in [6, 6.07) is 4.65. The smallest absolute Gasteiger partial charge is 0.271 e. The lowest BCUT2D eigenvalue weighted by atomic mass is 9.85. The van der Waals surface area contributed by atoms with Crippen LogP contribution in [0, 0.1) is 16.0 Å². The first kappa shape index (κ1) is 11.0. The minimum atomic E-state index is -0.401. The van der Waals surface area contributed by atoms with Gasteiger partial charge in [0.15, 0.2) is 0 Å². The number of nitrogens with one attached hydrogen (secondary N) is 2. The van der Waals surface area contributed by atoms with E-state index in [1.807, 2.05) is 0 Å². The number of benzene rings is 1. The molecule has 0 unspecified atom stereocenters. The van der Waals surface area contributed by atoms with Crippen LogP contribution in [0.5, 0.6) is 0 Å². The lowest BCUT2D eigenvalue weighted by Crippen LogP contribution is -2.21. The number of hydrogen-bond donors (Lipinski definition) is 2. The van der Waals surface area contributed by atoms with E-state index in [9.17, 15) is 10.1 Å². The van der Waals surface area contributed by atoms with E-state index in [0.29, 0.717) is 11.5 Å². The molecule has 18 heavy (non-hydrogen) atoms. The molecule has 1 aromatic heterocycles. The molecule has 0 saturated heterocycles. The van der Waals surface area contributed by atoms with E-state index in [-0.39, 0.29) is 5.69 Å². The average molecular weight is 246 g/mol. The fourth-order valence-corrected chi connectivity index (χ4v) is 2.13. The SMILES string of the molecule is O=[N+]([O-])c1ccc2nc(NCC3CCC3)[nH]c2c1. The number of aromatic amines is 1. The average Bonchev–Trinajstić information content (AvgIpc) is 2.68. The van der Waals surface area contributed by atoms with Gasteiger partial charge >= 0.3 is 0 Å². The highest BCUT2D eigenvalue weighted by Gasteiger charge is 2.17. The van der Waals surface area contributed by atoms with Crippen molar-refractivity contribution in [2.45, 2.75) is 19.3 Å². The molecule has 2 aromatic rings. The molecule has 1 aromatic carbocycles. The maximum absolute atomic E-state index is 10.7. The molecule has 1 saturated carbocycles. The highest BCUT2D eigenvalue weighted by Crippen LogP contribution is 2.26. The summed E-state index contributed by atoms with van der Waals surface area (Å²) >= 11 is 0. The summed E-state index contributed by atoms with van der Waals surface area (Å²) < 4.78 is 0. The summed E-state index contributed by atoms with van der Waals surface area (Å²) in [7, 11) is 0. The molecular weight excluding hydrogens is 232 g/mol. The molecule has 0 atom stereocenters. The van der Waals surface area contributed by atoms with Crippen molar-refractivity contribution in [3.63, 3.8) is 0 Å². The first-order valence-corrected chi connectivity index (χ1v) is 6.10. The Hall–Kier alpha value is -2.11. The zero-order valence-corrected chi connectivity index (χ0v) is 9.85. The van der Waals surface area contributed by atoms with E-state index < -0.39 is 4.92 Å². The standard InChI is InChI=1S/C12H14N4O2/c17-16(18)9-4-5-10-11(6-9)15-12(14-10)13-7-8-2-1-3-8/h4-6,8H,1-3,7H2,(H2,13,14,15). The molecule has 94 valence electrons. The number of nitro benzene ring substituents is 1. The molecule has 1 aliphatic rings. The summed E-state index contributed by atoms with van der Waals surface area (Å²) in [5.74, 6) is 1.44. The highest BCUT2D eigenvalue weighted by atomic mass is 16.6. The predicted molar refractivity (Wildman–Crippen MR) is 68.6 cm³/mol. The second kappa shape index (κ2) is 4.29. The van der Waals surface area contributed by atoms with Gasteiger partial charge < -0.3 is 10.3 Å². The van der Waals surface area contributed by atoms with Crippen LogP contribution < -0.4 is 5.32 Å². The van der Waals surface area contributed by atoms with Crippen molar-refractivity contribution in [3.05, 3.63) is 28.3 Å². The van der Waals surface area contributed by atoms with Gasteiger partial charge in [-0.3, -0.25) is 10.1 Å². The van der Waals surface area contributed by atoms with Crippen LogP contribution in [-0.4, -0.2) is 21.4 Å². The Morgan fingerprint density at radius 2 is 2.33 bits per heavy atom. The zero-order chi connectivity index (χ0) is 12.5. The first-order valence-electron chi connectivity index (χ1n) is 6.10. The number of aromatic nitrogens is 2. The highest BCUT2D eigenvalue weighted by molar-refractivity contribution is 5.79.